The largest absolute Gasteiger partial charge is 0.481 e. The maximum absolute atomic E-state index is 11.4. The Bertz CT molecular complexity index is 314. The Labute approximate surface area is 108 Å². The van der Waals surface area contributed by atoms with Gasteiger partial charge in [-0.3, -0.25) is 4.79 Å². The number of carbonyl (C=O) groups is 1. The minimum Gasteiger partial charge on any atom is -0.481 e. The van der Waals surface area contributed by atoms with Gasteiger partial charge in [0.2, 0.25) is 0 Å². The Morgan fingerprint density at radius 2 is 2.06 bits per heavy atom. The van der Waals surface area contributed by atoms with Gasteiger partial charge in [0.1, 0.15) is 0 Å². The summed E-state index contributed by atoms with van der Waals surface area (Å²) in [6.45, 7) is 1.70. The lowest BCUT2D eigenvalue weighted by Gasteiger charge is -2.31. The van der Waals surface area contributed by atoms with E-state index >= 15 is 0 Å². The number of hydrogen-bond donors (Lipinski definition) is 2. The minimum absolute atomic E-state index is 0.160. The van der Waals surface area contributed by atoms with Crippen LogP contribution in [0.25, 0.3) is 0 Å². The lowest BCUT2D eigenvalue weighted by molar-refractivity contribution is -0.144. The Morgan fingerprint density at radius 3 is 2.78 bits per heavy atom. The van der Waals surface area contributed by atoms with E-state index in [9.17, 15) is 9.90 Å². The van der Waals surface area contributed by atoms with Crippen LogP contribution in [0.3, 0.4) is 0 Å². The van der Waals surface area contributed by atoms with Gasteiger partial charge < -0.3 is 15.2 Å². The van der Waals surface area contributed by atoms with E-state index in [-0.39, 0.29) is 12.0 Å². The van der Waals surface area contributed by atoms with E-state index in [1.54, 1.807) is 0 Å². The van der Waals surface area contributed by atoms with Gasteiger partial charge in [-0.15, -0.1) is 0 Å². The fraction of sp³-hybridized carbons (Fsp3) is 0.929. The first kappa shape index (κ1) is 12.4. The first-order valence-electron chi connectivity index (χ1n) is 7.33. The van der Waals surface area contributed by atoms with Crippen LogP contribution in [0.2, 0.25) is 0 Å². The average molecular weight is 253 g/mol. The van der Waals surface area contributed by atoms with Crippen LogP contribution >= 0.6 is 0 Å². The van der Waals surface area contributed by atoms with Crippen LogP contribution in [0.15, 0.2) is 0 Å². The number of carboxylic acids is 1. The molecule has 1 saturated heterocycles. The zero-order chi connectivity index (χ0) is 12.5. The molecule has 1 aliphatic heterocycles. The van der Waals surface area contributed by atoms with Gasteiger partial charge in [0.05, 0.1) is 12.0 Å². The highest BCUT2D eigenvalue weighted by molar-refractivity contribution is 5.72. The SMILES string of the molecule is O=C(O)C1C2CCC(C2)C1NCC1CCCCO1. The maximum Gasteiger partial charge on any atom is 0.308 e. The molecule has 18 heavy (non-hydrogen) atoms. The van der Waals surface area contributed by atoms with Crippen molar-refractivity contribution in [2.24, 2.45) is 17.8 Å². The summed E-state index contributed by atoms with van der Waals surface area (Å²) in [6, 6.07) is 0.187. The molecular formula is C14H23NO3. The molecule has 3 rings (SSSR count). The Hall–Kier alpha value is -0.610. The van der Waals surface area contributed by atoms with Gasteiger partial charge >= 0.3 is 5.97 Å². The van der Waals surface area contributed by atoms with Crippen molar-refractivity contribution in [2.45, 2.75) is 50.7 Å². The third kappa shape index (κ3) is 2.28. The van der Waals surface area contributed by atoms with Gasteiger partial charge in [0.15, 0.2) is 0 Å². The van der Waals surface area contributed by atoms with Crippen molar-refractivity contribution in [3.8, 4) is 0 Å². The van der Waals surface area contributed by atoms with Gasteiger partial charge in [-0.2, -0.15) is 0 Å². The molecule has 2 aliphatic carbocycles. The number of hydrogen-bond acceptors (Lipinski definition) is 3. The highest BCUT2D eigenvalue weighted by Gasteiger charge is 2.50. The number of nitrogens with one attached hydrogen (secondary N) is 1. The summed E-state index contributed by atoms with van der Waals surface area (Å²) in [4.78, 5) is 11.4. The van der Waals surface area contributed by atoms with Crippen molar-refractivity contribution < 1.29 is 14.6 Å². The number of rotatable bonds is 4. The molecule has 0 radical (unpaired) electrons. The molecule has 5 atom stereocenters. The van der Waals surface area contributed by atoms with Crippen LogP contribution in [-0.2, 0) is 9.53 Å². The van der Waals surface area contributed by atoms with E-state index in [0.717, 1.165) is 32.4 Å². The highest BCUT2D eigenvalue weighted by atomic mass is 16.5. The molecule has 0 amide bonds. The van der Waals surface area contributed by atoms with E-state index in [1.807, 2.05) is 0 Å². The Morgan fingerprint density at radius 1 is 1.22 bits per heavy atom. The summed E-state index contributed by atoms with van der Waals surface area (Å²) in [5.41, 5.74) is 0. The van der Waals surface area contributed by atoms with E-state index in [2.05, 4.69) is 5.32 Å². The van der Waals surface area contributed by atoms with Crippen LogP contribution < -0.4 is 5.32 Å². The normalized spacial score (nSPS) is 43.2. The molecule has 4 nitrogen and oxygen atoms in total. The molecule has 0 aromatic rings. The van der Waals surface area contributed by atoms with Crippen LogP contribution in [0.1, 0.15) is 38.5 Å². The van der Waals surface area contributed by atoms with Crippen molar-refractivity contribution in [3.63, 3.8) is 0 Å². The molecule has 2 N–H and O–H groups in total. The molecule has 1 heterocycles. The average Bonchev–Trinajstić information content (AvgIpc) is 2.97. The third-order valence-corrected chi connectivity index (χ3v) is 5.06. The predicted molar refractivity (Wildman–Crippen MR) is 67.3 cm³/mol. The molecule has 3 aliphatic rings. The Balaban J connectivity index is 1.56. The summed E-state index contributed by atoms with van der Waals surface area (Å²) >= 11 is 0. The molecule has 4 heteroatoms. The van der Waals surface area contributed by atoms with Crippen LogP contribution in [0.4, 0.5) is 0 Å². The van der Waals surface area contributed by atoms with Crippen molar-refractivity contribution in [1.29, 1.82) is 0 Å². The van der Waals surface area contributed by atoms with Gasteiger partial charge in [0.25, 0.3) is 0 Å². The zero-order valence-corrected chi connectivity index (χ0v) is 10.8. The summed E-state index contributed by atoms with van der Waals surface area (Å²) in [7, 11) is 0. The molecular weight excluding hydrogens is 230 g/mol. The quantitative estimate of drug-likeness (QED) is 0.799. The topological polar surface area (TPSA) is 58.6 Å². The molecule has 3 fully saturated rings. The second kappa shape index (κ2) is 5.17. The summed E-state index contributed by atoms with van der Waals surface area (Å²) in [5, 5.41) is 12.9. The minimum atomic E-state index is -0.607. The molecule has 0 aromatic heterocycles. The molecule has 0 spiro atoms. The summed E-state index contributed by atoms with van der Waals surface area (Å²) in [6.07, 6.45) is 7.25. The first-order chi connectivity index (χ1) is 8.75. The summed E-state index contributed by atoms with van der Waals surface area (Å²) < 4.78 is 5.70. The molecule has 0 aromatic carbocycles. The zero-order valence-electron chi connectivity index (χ0n) is 10.8. The third-order valence-electron chi connectivity index (χ3n) is 5.06. The van der Waals surface area contributed by atoms with Crippen LogP contribution in [-0.4, -0.2) is 36.4 Å². The fourth-order valence-corrected chi connectivity index (χ4v) is 4.18. The molecule has 102 valence electrons. The Kier molecular flexibility index (Phi) is 3.57. The number of aliphatic carboxylic acids is 1. The van der Waals surface area contributed by atoms with E-state index < -0.39 is 5.97 Å². The van der Waals surface area contributed by atoms with Gasteiger partial charge in [0, 0.05) is 19.2 Å². The molecule has 2 bridgehead atoms. The van der Waals surface area contributed by atoms with Crippen molar-refractivity contribution in [1.82, 2.24) is 5.32 Å². The second-order valence-electron chi connectivity index (χ2n) is 6.12. The van der Waals surface area contributed by atoms with Gasteiger partial charge in [-0.05, 0) is 50.4 Å². The smallest absolute Gasteiger partial charge is 0.308 e. The van der Waals surface area contributed by atoms with Crippen LogP contribution in [0, 0.1) is 17.8 Å². The monoisotopic (exact) mass is 253 g/mol. The fourth-order valence-electron chi connectivity index (χ4n) is 4.18. The molecule has 5 unspecified atom stereocenters. The van der Waals surface area contributed by atoms with Crippen LogP contribution in [0.5, 0.6) is 0 Å². The predicted octanol–water partition coefficient (Wildman–Crippen LogP) is 1.64. The van der Waals surface area contributed by atoms with Crippen molar-refractivity contribution in [2.75, 3.05) is 13.2 Å². The lowest BCUT2D eigenvalue weighted by atomic mass is 9.84. The highest BCUT2D eigenvalue weighted by Crippen LogP contribution is 2.48. The van der Waals surface area contributed by atoms with E-state index in [4.69, 9.17) is 4.74 Å². The summed E-state index contributed by atoms with van der Waals surface area (Å²) in [5.74, 6) is 0.230. The number of ether oxygens (including phenoxy) is 1. The first-order valence-corrected chi connectivity index (χ1v) is 7.33. The van der Waals surface area contributed by atoms with Gasteiger partial charge in [-0.25, -0.2) is 0 Å². The van der Waals surface area contributed by atoms with E-state index in [0.29, 0.717) is 17.9 Å². The maximum atomic E-state index is 11.4. The lowest BCUT2D eigenvalue weighted by Crippen LogP contribution is -2.47. The van der Waals surface area contributed by atoms with Crippen molar-refractivity contribution in [3.05, 3.63) is 0 Å². The second-order valence-corrected chi connectivity index (χ2v) is 6.12. The number of carboxylic acid groups (broad SMARTS) is 1. The molecule has 2 saturated carbocycles. The standard InChI is InChI=1S/C14H23NO3/c16-14(17)12-9-4-5-10(7-9)13(12)15-8-11-3-1-2-6-18-11/h9-13,15H,1-8H2,(H,16,17). The van der Waals surface area contributed by atoms with Crippen molar-refractivity contribution >= 4 is 5.97 Å². The van der Waals surface area contributed by atoms with Gasteiger partial charge in [-0.1, -0.05) is 0 Å². The number of fused-ring (bicyclic) bond motifs is 2. The van der Waals surface area contributed by atoms with E-state index in [1.165, 1.54) is 19.3 Å².